The van der Waals surface area contributed by atoms with Crippen LogP contribution in [0.15, 0.2) is 24.3 Å². The van der Waals surface area contributed by atoms with Crippen LogP contribution in [0, 0.1) is 0 Å². The first-order valence-electron chi connectivity index (χ1n) is 5.84. The van der Waals surface area contributed by atoms with Gasteiger partial charge in [0.2, 0.25) is 5.95 Å². The molecule has 0 saturated carbocycles. The van der Waals surface area contributed by atoms with E-state index in [1.165, 1.54) is 6.42 Å². The third-order valence-electron chi connectivity index (χ3n) is 3.02. The van der Waals surface area contributed by atoms with Gasteiger partial charge in [0.05, 0.1) is 11.0 Å². The fourth-order valence-corrected chi connectivity index (χ4v) is 2.15. The molecule has 2 N–H and O–H groups in total. The van der Waals surface area contributed by atoms with Crippen molar-refractivity contribution < 1.29 is 0 Å². The maximum Gasteiger partial charge on any atom is 0.203 e. The summed E-state index contributed by atoms with van der Waals surface area (Å²) >= 11 is 0. The van der Waals surface area contributed by atoms with Crippen molar-refractivity contribution in [2.24, 2.45) is 0 Å². The second-order valence-corrected chi connectivity index (χ2v) is 4.17. The van der Waals surface area contributed by atoms with Gasteiger partial charge in [-0.05, 0) is 25.1 Å². The summed E-state index contributed by atoms with van der Waals surface area (Å²) in [5, 5.41) is 3.40. The Kier molecular flexibility index (Phi) is 4.02. The Morgan fingerprint density at radius 3 is 2.88 bits per heavy atom. The summed E-state index contributed by atoms with van der Waals surface area (Å²) in [6.07, 6.45) is 1.18. The van der Waals surface area contributed by atoms with E-state index in [0.29, 0.717) is 0 Å². The number of fused-ring (bicyclic) bond motifs is 1. The van der Waals surface area contributed by atoms with Gasteiger partial charge in [-0.1, -0.05) is 12.1 Å². The van der Waals surface area contributed by atoms with Gasteiger partial charge in [-0.3, -0.25) is 0 Å². The smallest absolute Gasteiger partial charge is 0.203 e. The van der Waals surface area contributed by atoms with Gasteiger partial charge in [0, 0.05) is 19.6 Å². The molecule has 2 heterocycles. The summed E-state index contributed by atoms with van der Waals surface area (Å²) in [7, 11) is 0. The van der Waals surface area contributed by atoms with Crippen LogP contribution in [0.1, 0.15) is 6.42 Å². The molecule has 1 aromatic heterocycles. The van der Waals surface area contributed by atoms with E-state index in [-0.39, 0.29) is 17.0 Å². The lowest BCUT2D eigenvalue weighted by atomic mass is 10.3. The molecule has 17 heavy (non-hydrogen) atoms. The molecule has 0 bridgehead atoms. The monoisotopic (exact) mass is 296 g/mol. The maximum atomic E-state index is 4.62. The van der Waals surface area contributed by atoms with Crippen molar-refractivity contribution in [2.75, 3.05) is 31.1 Å². The van der Waals surface area contributed by atoms with Gasteiger partial charge in [0.25, 0.3) is 0 Å². The van der Waals surface area contributed by atoms with E-state index in [0.717, 1.165) is 43.2 Å². The third kappa shape index (κ3) is 2.61. The number of imidazole rings is 1. The minimum atomic E-state index is 0. The average Bonchev–Trinajstić information content (AvgIpc) is 2.56. The maximum absolute atomic E-state index is 4.62. The third-order valence-corrected chi connectivity index (χ3v) is 3.02. The van der Waals surface area contributed by atoms with E-state index in [1.54, 1.807) is 0 Å². The normalized spacial score (nSPS) is 16.6. The van der Waals surface area contributed by atoms with Crippen LogP contribution in [-0.2, 0) is 0 Å². The van der Waals surface area contributed by atoms with Gasteiger partial charge in [0.15, 0.2) is 0 Å². The summed E-state index contributed by atoms with van der Waals surface area (Å²) in [4.78, 5) is 10.3. The van der Waals surface area contributed by atoms with Gasteiger partial charge in [-0.15, -0.1) is 17.0 Å². The van der Waals surface area contributed by atoms with Gasteiger partial charge >= 0.3 is 0 Å². The molecule has 1 aliphatic heterocycles. The SMILES string of the molecule is Br.c1ccc2[nH]c(N3CCCNCC3)nc2c1. The molecule has 1 saturated heterocycles. The number of aromatic nitrogens is 2. The fraction of sp³-hybridized carbons (Fsp3) is 0.417. The van der Waals surface area contributed by atoms with Gasteiger partial charge < -0.3 is 15.2 Å². The molecule has 1 aromatic carbocycles. The average molecular weight is 297 g/mol. The molecule has 0 radical (unpaired) electrons. The van der Waals surface area contributed by atoms with Crippen LogP contribution in [0.2, 0.25) is 0 Å². The molecule has 1 fully saturated rings. The minimum absolute atomic E-state index is 0. The number of hydrogen-bond donors (Lipinski definition) is 2. The second-order valence-electron chi connectivity index (χ2n) is 4.17. The summed E-state index contributed by atoms with van der Waals surface area (Å²) in [6.45, 7) is 4.25. The first-order chi connectivity index (χ1) is 7.93. The van der Waals surface area contributed by atoms with Crippen LogP contribution >= 0.6 is 17.0 Å². The fourth-order valence-electron chi connectivity index (χ4n) is 2.15. The van der Waals surface area contributed by atoms with Crippen molar-refractivity contribution in [3.8, 4) is 0 Å². The Labute approximate surface area is 111 Å². The second kappa shape index (κ2) is 5.51. The largest absolute Gasteiger partial charge is 0.341 e. The molecule has 2 aromatic rings. The van der Waals surface area contributed by atoms with E-state index < -0.39 is 0 Å². The number of rotatable bonds is 1. The summed E-state index contributed by atoms with van der Waals surface area (Å²) in [5.74, 6) is 1.00. The number of aromatic amines is 1. The first-order valence-corrected chi connectivity index (χ1v) is 5.84. The van der Waals surface area contributed by atoms with E-state index in [1.807, 2.05) is 18.2 Å². The molecular formula is C12H17BrN4. The Hall–Kier alpha value is -1.07. The molecule has 5 heteroatoms. The summed E-state index contributed by atoms with van der Waals surface area (Å²) in [6, 6.07) is 8.18. The summed E-state index contributed by atoms with van der Waals surface area (Å²) in [5.41, 5.74) is 2.17. The molecule has 4 nitrogen and oxygen atoms in total. The lowest BCUT2D eigenvalue weighted by Gasteiger charge is -2.18. The quantitative estimate of drug-likeness (QED) is 0.845. The van der Waals surface area contributed by atoms with Crippen LogP contribution in [0.3, 0.4) is 0 Å². The van der Waals surface area contributed by atoms with Crippen LogP contribution in [0.5, 0.6) is 0 Å². The number of H-pyrrole nitrogens is 1. The van der Waals surface area contributed by atoms with Crippen molar-refractivity contribution in [1.82, 2.24) is 15.3 Å². The van der Waals surface area contributed by atoms with E-state index in [4.69, 9.17) is 0 Å². The van der Waals surface area contributed by atoms with Crippen molar-refractivity contribution >= 4 is 34.0 Å². The van der Waals surface area contributed by atoms with Crippen LogP contribution in [0.4, 0.5) is 5.95 Å². The van der Waals surface area contributed by atoms with Gasteiger partial charge in [-0.2, -0.15) is 0 Å². The Morgan fingerprint density at radius 2 is 2.00 bits per heavy atom. The van der Waals surface area contributed by atoms with E-state index in [2.05, 4.69) is 26.3 Å². The van der Waals surface area contributed by atoms with Crippen molar-refractivity contribution in [3.05, 3.63) is 24.3 Å². The molecule has 0 aliphatic carbocycles. The zero-order chi connectivity index (χ0) is 10.8. The van der Waals surface area contributed by atoms with Gasteiger partial charge in [0.1, 0.15) is 0 Å². The van der Waals surface area contributed by atoms with Crippen LogP contribution in [-0.4, -0.2) is 36.1 Å². The lowest BCUT2D eigenvalue weighted by Crippen LogP contribution is -2.28. The molecule has 0 atom stereocenters. The van der Waals surface area contributed by atoms with Crippen molar-refractivity contribution in [3.63, 3.8) is 0 Å². The Morgan fingerprint density at radius 1 is 1.12 bits per heavy atom. The molecular weight excluding hydrogens is 280 g/mol. The van der Waals surface area contributed by atoms with Crippen LogP contribution < -0.4 is 10.2 Å². The number of nitrogens with zero attached hydrogens (tertiary/aromatic N) is 2. The Balaban J connectivity index is 0.00000108. The van der Waals surface area contributed by atoms with Crippen LogP contribution in [0.25, 0.3) is 11.0 Å². The van der Waals surface area contributed by atoms with Crippen molar-refractivity contribution in [1.29, 1.82) is 0 Å². The predicted molar refractivity (Wildman–Crippen MR) is 76.1 cm³/mol. The highest BCUT2D eigenvalue weighted by molar-refractivity contribution is 8.93. The topological polar surface area (TPSA) is 44.0 Å². The summed E-state index contributed by atoms with van der Waals surface area (Å²) < 4.78 is 0. The highest BCUT2D eigenvalue weighted by Gasteiger charge is 2.12. The lowest BCUT2D eigenvalue weighted by molar-refractivity contribution is 0.724. The number of para-hydroxylation sites is 2. The minimum Gasteiger partial charge on any atom is -0.341 e. The molecule has 3 rings (SSSR count). The standard InChI is InChI=1S/C12H16N4.BrH/c1-2-5-11-10(4-1)14-12(15-11)16-8-3-6-13-7-9-16;/h1-2,4-5,13H,3,6-9H2,(H,14,15);1H. The zero-order valence-electron chi connectivity index (χ0n) is 9.65. The zero-order valence-corrected chi connectivity index (χ0v) is 11.4. The first kappa shape index (κ1) is 12.4. The highest BCUT2D eigenvalue weighted by Crippen LogP contribution is 2.17. The van der Waals surface area contributed by atoms with Crippen molar-refractivity contribution in [2.45, 2.75) is 6.42 Å². The molecule has 0 spiro atoms. The molecule has 0 unspecified atom stereocenters. The number of halogens is 1. The highest BCUT2D eigenvalue weighted by atomic mass is 79.9. The van der Waals surface area contributed by atoms with E-state index in [9.17, 15) is 0 Å². The number of nitrogens with one attached hydrogen (secondary N) is 2. The number of benzene rings is 1. The molecule has 1 aliphatic rings. The molecule has 92 valence electrons. The van der Waals surface area contributed by atoms with E-state index >= 15 is 0 Å². The number of hydrogen-bond acceptors (Lipinski definition) is 3. The molecule has 0 amide bonds. The number of anilines is 1. The van der Waals surface area contributed by atoms with Gasteiger partial charge in [-0.25, -0.2) is 4.98 Å². The Bertz CT molecular complexity index is 441. The predicted octanol–water partition coefficient (Wildman–Crippen LogP) is 1.94.